The first-order chi connectivity index (χ1) is 9.31. The molecule has 2 bridgehead atoms. The minimum atomic E-state index is 0.0462. The van der Waals surface area contributed by atoms with Gasteiger partial charge in [-0.15, -0.1) is 0 Å². The van der Waals surface area contributed by atoms with E-state index >= 15 is 0 Å². The van der Waals surface area contributed by atoms with Crippen LogP contribution in [0.15, 0.2) is 4.79 Å². The van der Waals surface area contributed by atoms with Gasteiger partial charge in [-0.25, -0.2) is 4.98 Å². The van der Waals surface area contributed by atoms with Crippen LogP contribution in [-0.2, 0) is 6.42 Å². The number of rotatable bonds is 1. The van der Waals surface area contributed by atoms with E-state index in [1.807, 2.05) is 0 Å². The molecule has 0 amide bonds. The van der Waals surface area contributed by atoms with E-state index in [0.717, 1.165) is 69.3 Å². The number of piperazine rings is 3. The summed E-state index contributed by atoms with van der Waals surface area (Å²) < 4.78 is 0. The average Bonchev–Trinajstić information content (AvgIpc) is 2.48. The van der Waals surface area contributed by atoms with E-state index in [1.54, 1.807) is 0 Å². The van der Waals surface area contributed by atoms with E-state index in [1.165, 1.54) is 0 Å². The Morgan fingerprint density at radius 2 is 2.05 bits per heavy atom. The Labute approximate surface area is 111 Å². The summed E-state index contributed by atoms with van der Waals surface area (Å²) in [7, 11) is 0. The van der Waals surface area contributed by atoms with Gasteiger partial charge in [0.1, 0.15) is 11.6 Å². The lowest BCUT2D eigenvalue weighted by Crippen LogP contribution is -2.57. The second-order valence-electron chi connectivity index (χ2n) is 5.66. The van der Waals surface area contributed by atoms with Crippen molar-refractivity contribution in [2.24, 2.45) is 0 Å². The summed E-state index contributed by atoms with van der Waals surface area (Å²) >= 11 is 0. The molecule has 3 saturated heterocycles. The monoisotopic (exact) mass is 261 g/mol. The number of hydrogen-bond donors (Lipinski definition) is 2. The van der Waals surface area contributed by atoms with E-state index in [9.17, 15) is 4.79 Å². The molecular weight excluding hydrogens is 242 g/mol. The summed E-state index contributed by atoms with van der Waals surface area (Å²) in [5.41, 5.74) is 0.871. The summed E-state index contributed by atoms with van der Waals surface area (Å²) in [6.07, 6.45) is 1.85. The van der Waals surface area contributed by atoms with Crippen molar-refractivity contribution in [1.29, 1.82) is 0 Å². The summed E-state index contributed by atoms with van der Waals surface area (Å²) in [6, 6.07) is 0.254. The van der Waals surface area contributed by atoms with E-state index in [2.05, 4.69) is 25.1 Å². The number of aromatic amines is 1. The van der Waals surface area contributed by atoms with Gasteiger partial charge in [0.05, 0.1) is 11.6 Å². The largest absolute Gasteiger partial charge is 0.370 e. The Balaban J connectivity index is 1.72. The molecule has 6 nitrogen and oxygen atoms in total. The number of hydrogen-bond acceptors (Lipinski definition) is 5. The Bertz CT molecular complexity index is 546. The Hall–Kier alpha value is -1.40. The van der Waals surface area contributed by atoms with Crippen LogP contribution in [-0.4, -0.2) is 59.0 Å². The third kappa shape index (κ3) is 1.86. The number of anilines is 1. The van der Waals surface area contributed by atoms with Crippen LogP contribution >= 0.6 is 0 Å². The predicted molar refractivity (Wildman–Crippen MR) is 72.4 cm³/mol. The van der Waals surface area contributed by atoms with Crippen molar-refractivity contribution in [2.45, 2.75) is 18.9 Å². The highest BCUT2D eigenvalue weighted by Gasteiger charge is 2.34. The number of nitrogens with one attached hydrogen (secondary N) is 2. The number of nitrogens with zero attached hydrogens (tertiary/aromatic N) is 3. The molecule has 19 heavy (non-hydrogen) atoms. The van der Waals surface area contributed by atoms with Crippen molar-refractivity contribution >= 4 is 5.82 Å². The van der Waals surface area contributed by atoms with Crippen LogP contribution in [0.25, 0.3) is 0 Å². The van der Waals surface area contributed by atoms with Crippen molar-refractivity contribution in [3.63, 3.8) is 0 Å². The van der Waals surface area contributed by atoms with Crippen molar-refractivity contribution in [1.82, 2.24) is 19.8 Å². The highest BCUT2D eigenvalue weighted by atomic mass is 16.1. The molecule has 1 unspecified atom stereocenters. The van der Waals surface area contributed by atoms with Crippen LogP contribution in [0, 0.1) is 0 Å². The number of aromatic nitrogens is 2. The molecule has 4 aliphatic heterocycles. The van der Waals surface area contributed by atoms with Gasteiger partial charge in [0.15, 0.2) is 0 Å². The van der Waals surface area contributed by atoms with Crippen molar-refractivity contribution in [2.75, 3.05) is 44.6 Å². The van der Waals surface area contributed by atoms with Crippen molar-refractivity contribution < 1.29 is 0 Å². The van der Waals surface area contributed by atoms with Crippen molar-refractivity contribution in [3.8, 4) is 0 Å². The SMILES string of the molecule is O=c1[nH]c(C2CN3CCN2CC3)nc2c1CCCN2. The molecule has 102 valence electrons. The lowest BCUT2D eigenvalue weighted by Gasteiger charge is -2.46. The molecule has 1 aromatic heterocycles. The van der Waals surface area contributed by atoms with Gasteiger partial charge in [-0.1, -0.05) is 0 Å². The van der Waals surface area contributed by atoms with Gasteiger partial charge in [-0.2, -0.15) is 0 Å². The molecular formula is C13H19N5O. The van der Waals surface area contributed by atoms with E-state index in [-0.39, 0.29) is 11.6 Å². The van der Waals surface area contributed by atoms with E-state index < -0.39 is 0 Å². The molecule has 6 heteroatoms. The van der Waals surface area contributed by atoms with Crippen LogP contribution in [0.1, 0.15) is 23.9 Å². The standard InChI is InChI=1S/C13H19N5O/c19-13-9-2-1-3-14-11(9)15-12(16-13)10-8-17-4-6-18(10)7-5-17/h10H,1-8H2,(H2,14,15,16,19). The fraction of sp³-hybridized carbons (Fsp3) is 0.692. The summed E-state index contributed by atoms with van der Waals surface area (Å²) in [6.45, 7) is 6.36. The lowest BCUT2D eigenvalue weighted by molar-refractivity contribution is 0.00858. The number of H-pyrrole nitrogens is 1. The highest BCUT2D eigenvalue weighted by Crippen LogP contribution is 2.27. The molecule has 0 radical (unpaired) electrons. The fourth-order valence-corrected chi connectivity index (χ4v) is 3.40. The smallest absolute Gasteiger partial charge is 0.256 e. The minimum Gasteiger partial charge on any atom is -0.370 e. The van der Waals surface area contributed by atoms with Gasteiger partial charge in [-0.3, -0.25) is 14.6 Å². The Kier molecular flexibility index (Phi) is 2.60. The first-order valence-corrected chi connectivity index (χ1v) is 7.14. The Morgan fingerprint density at radius 1 is 1.21 bits per heavy atom. The third-order valence-corrected chi connectivity index (χ3v) is 4.52. The topological polar surface area (TPSA) is 64.3 Å². The zero-order valence-corrected chi connectivity index (χ0v) is 11.0. The van der Waals surface area contributed by atoms with Crippen LogP contribution in [0.2, 0.25) is 0 Å². The van der Waals surface area contributed by atoms with E-state index in [4.69, 9.17) is 0 Å². The van der Waals surface area contributed by atoms with Gasteiger partial charge in [0.2, 0.25) is 0 Å². The average molecular weight is 261 g/mol. The van der Waals surface area contributed by atoms with Crippen molar-refractivity contribution in [3.05, 3.63) is 21.7 Å². The molecule has 1 aromatic rings. The zero-order chi connectivity index (χ0) is 12.8. The molecule has 3 fully saturated rings. The normalized spacial score (nSPS) is 32.7. The fourth-order valence-electron chi connectivity index (χ4n) is 3.40. The van der Waals surface area contributed by atoms with Crippen LogP contribution in [0.3, 0.4) is 0 Å². The minimum absolute atomic E-state index is 0.0462. The molecule has 0 spiro atoms. The molecule has 0 aromatic carbocycles. The molecule has 5 heterocycles. The zero-order valence-electron chi connectivity index (χ0n) is 11.0. The van der Waals surface area contributed by atoms with Gasteiger partial charge in [0, 0.05) is 39.3 Å². The first-order valence-electron chi connectivity index (χ1n) is 7.14. The van der Waals surface area contributed by atoms with Crippen LogP contribution in [0.4, 0.5) is 5.82 Å². The maximum Gasteiger partial charge on any atom is 0.256 e. The van der Waals surface area contributed by atoms with E-state index in [0.29, 0.717) is 0 Å². The highest BCUT2D eigenvalue weighted by molar-refractivity contribution is 5.45. The molecule has 0 saturated carbocycles. The molecule has 2 N–H and O–H groups in total. The second-order valence-corrected chi connectivity index (χ2v) is 5.66. The third-order valence-electron chi connectivity index (χ3n) is 4.52. The summed E-state index contributed by atoms with van der Waals surface area (Å²) in [5.74, 6) is 1.64. The molecule has 4 aliphatic rings. The summed E-state index contributed by atoms with van der Waals surface area (Å²) in [4.78, 5) is 24.8. The first kappa shape index (κ1) is 11.4. The van der Waals surface area contributed by atoms with Gasteiger partial charge < -0.3 is 10.3 Å². The maximum atomic E-state index is 12.2. The van der Waals surface area contributed by atoms with Crippen LogP contribution < -0.4 is 10.9 Å². The van der Waals surface area contributed by atoms with Gasteiger partial charge in [0.25, 0.3) is 5.56 Å². The summed E-state index contributed by atoms with van der Waals surface area (Å²) in [5, 5.41) is 3.26. The molecule has 5 rings (SSSR count). The molecule has 0 aliphatic carbocycles. The number of fused-ring (bicyclic) bond motifs is 4. The van der Waals surface area contributed by atoms with Crippen LogP contribution in [0.5, 0.6) is 0 Å². The quantitative estimate of drug-likeness (QED) is 0.733. The lowest BCUT2D eigenvalue weighted by atomic mass is 10.1. The van der Waals surface area contributed by atoms with Gasteiger partial charge in [-0.05, 0) is 12.8 Å². The second kappa shape index (κ2) is 4.31. The maximum absolute atomic E-state index is 12.2. The van der Waals surface area contributed by atoms with Gasteiger partial charge >= 0.3 is 0 Å². The molecule has 1 atom stereocenters. The predicted octanol–water partition coefficient (Wildman–Crippen LogP) is -0.200. The Morgan fingerprint density at radius 3 is 2.79 bits per heavy atom.